The third-order valence-corrected chi connectivity index (χ3v) is 14.9. The van der Waals surface area contributed by atoms with Crippen LogP contribution in [0.2, 0.25) is 0 Å². The molecule has 2 saturated carbocycles. The van der Waals surface area contributed by atoms with Crippen LogP contribution in [0.4, 0.5) is 0 Å². The van der Waals surface area contributed by atoms with E-state index in [-0.39, 0.29) is 15.8 Å². The molecule has 2 heteroatoms. The average molecular weight is 489 g/mol. The molecule has 2 aromatic rings. The van der Waals surface area contributed by atoms with Crippen molar-refractivity contribution in [2.24, 2.45) is 0 Å². The lowest BCUT2D eigenvalue weighted by atomic mass is 9.99. The van der Waals surface area contributed by atoms with Gasteiger partial charge in [-0.2, -0.15) is 0 Å². The van der Waals surface area contributed by atoms with Crippen LogP contribution in [0.5, 0.6) is 0 Å². The van der Waals surface area contributed by atoms with Crippen LogP contribution in [-0.2, 0) is 0 Å². The van der Waals surface area contributed by atoms with Crippen molar-refractivity contribution in [1.29, 1.82) is 0 Å². The first-order chi connectivity index (χ1) is 16.8. The van der Waals surface area contributed by atoms with E-state index < -0.39 is 0 Å². The zero-order valence-corrected chi connectivity index (χ0v) is 22.8. The minimum Gasteiger partial charge on any atom is -0.0932 e. The van der Waals surface area contributed by atoms with E-state index in [2.05, 4.69) is 79.7 Å². The highest BCUT2D eigenvalue weighted by Gasteiger charge is 2.36. The first kappa shape index (κ1) is 24.5. The average Bonchev–Trinajstić information content (AvgIpc) is 3.38. The molecule has 0 nitrogen and oxygen atoms in total. The summed E-state index contributed by atoms with van der Waals surface area (Å²) in [4.78, 5) is 0. The second-order valence-electron chi connectivity index (χ2n) is 10.6. The Hall–Kier alpha value is -1.22. The summed E-state index contributed by atoms with van der Waals surface area (Å²) in [6, 6.07) is 22.6. The van der Waals surface area contributed by atoms with Gasteiger partial charge in [0.05, 0.1) is 0 Å². The fraction of sp³-hybridized carbons (Fsp3) is 0.500. The summed E-state index contributed by atoms with van der Waals surface area (Å²) in [7, 11) is -0.283. The van der Waals surface area contributed by atoms with Crippen molar-refractivity contribution in [1.82, 2.24) is 0 Å². The van der Waals surface area contributed by atoms with Gasteiger partial charge in [0.1, 0.15) is 0 Å². The third kappa shape index (κ3) is 5.77. The monoisotopic (exact) mass is 488 g/mol. The highest BCUT2D eigenvalue weighted by atomic mass is 31.1. The van der Waals surface area contributed by atoms with Crippen molar-refractivity contribution in [2.45, 2.75) is 94.5 Å². The van der Waals surface area contributed by atoms with E-state index in [4.69, 9.17) is 0 Å². The van der Waals surface area contributed by atoms with Crippen LogP contribution in [0.15, 0.2) is 84.0 Å². The highest BCUT2D eigenvalue weighted by Crippen LogP contribution is 2.61. The predicted molar refractivity (Wildman–Crippen MR) is 155 cm³/mol. The quantitative estimate of drug-likeness (QED) is 0.325. The van der Waals surface area contributed by atoms with Gasteiger partial charge in [0.25, 0.3) is 0 Å². The van der Waals surface area contributed by atoms with E-state index in [0.717, 1.165) is 17.0 Å². The van der Waals surface area contributed by atoms with Crippen LogP contribution in [0.25, 0.3) is 0 Å². The van der Waals surface area contributed by atoms with Crippen LogP contribution in [-0.4, -0.2) is 23.1 Å². The van der Waals surface area contributed by atoms with E-state index in [1.54, 1.807) is 5.57 Å². The number of rotatable bonds is 8. The zero-order chi connectivity index (χ0) is 23.2. The molecule has 0 heterocycles. The molecule has 180 valence electrons. The Morgan fingerprint density at radius 1 is 0.706 bits per heavy atom. The second-order valence-corrected chi connectivity index (χ2v) is 16.0. The van der Waals surface area contributed by atoms with Crippen LogP contribution >= 0.6 is 15.8 Å². The molecule has 0 amide bonds. The van der Waals surface area contributed by atoms with Crippen molar-refractivity contribution >= 4 is 26.5 Å². The smallest absolute Gasteiger partial charge is 0.000722 e. The predicted octanol–water partition coefficient (Wildman–Crippen LogP) is 8.91. The van der Waals surface area contributed by atoms with Gasteiger partial charge in [-0.25, -0.2) is 0 Å². The Labute approximate surface area is 210 Å². The number of benzene rings is 2. The molecule has 0 radical (unpaired) electrons. The molecule has 0 N–H and O–H groups in total. The molecular weight excluding hydrogens is 446 g/mol. The minimum absolute atomic E-state index is 0.0800. The lowest BCUT2D eigenvalue weighted by Crippen LogP contribution is -2.27. The summed E-state index contributed by atoms with van der Waals surface area (Å²) in [6.45, 7) is 2.66. The Kier molecular flexibility index (Phi) is 8.75. The summed E-state index contributed by atoms with van der Waals surface area (Å²) < 4.78 is 0. The van der Waals surface area contributed by atoms with E-state index in [9.17, 15) is 0 Å². The van der Waals surface area contributed by atoms with Gasteiger partial charge < -0.3 is 0 Å². The SMILES string of the molecule is C[C@H](C1=C(CP(c2ccccc2)c2ccccc2)C=CC1)P(C1CCCCC1)C1CCCCC1. The van der Waals surface area contributed by atoms with Crippen LogP contribution in [0.3, 0.4) is 0 Å². The Morgan fingerprint density at radius 2 is 1.21 bits per heavy atom. The van der Waals surface area contributed by atoms with Crippen LogP contribution in [0, 0.1) is 0 Å². The van der Waals surface area contributed by atoms with Gasteiger partial charge in [-0.05, 0) is 73.2 Å². The molecule has 0 aromatic heterocycles. The summed E-state index contributed by atoms with van der Waals surface area (Å²) >= 11 is 0. The molecule has 2 fully saturated rings. The Balaban J connectivity index is 1.44. The number of hydrogen-bond acceptors (Lipinski definition) is 0. The number of hydrogen-bond donors (Lipinski definition) is 0. The molecule has 3 aliphatic carbocycles. The molecular formula is C32H42P2. The van der Waals surface area contributed by atoms with Gasteiger partial charge in [-0.15, -0.1) is 0 Å². The van der Waals surface area contributed by atoms with E-state index in [1.165, 1.54) is 87.4 Å². The molecule has 34 heavy (non-hydrogen) atoms. The summed E-state index contributed by atoms with van der Waals surface area (Å²) in [5.74, 6) is 0. The maximum Gasteiger partial charge on any atom is 0.000722 e. The molecule has 0 bridgehead atoms. The van der Waals surface area contributed by atoms with Crippen molar-refractivity contribution in [3.8, 4) is 0 Å². The van der Waals surface area contributed by atoms with Crippen molar-refractivity contribution < 1.29 is 0 Å². The summed E-state index contributed by atoms with van der Waals surface area (Å²) in [6.07, 6.45) is 22.4. The minimum atomic E-state index is -0.363. The Morgan fingerprint density at radius 3 is 1.71 bits per heavy atom. The van der Waals surface area contributed by atoms with Crippen molar-refractivity contribution in [2.75, 3.05) is 6.16 Å². The van der Waals surface area contributed by atoms with Gasteiger partial charge in [-0.1, -0.05) is 132 Å². The lowest BCUT2D eigenvalue weighted by Gasteiger charge is -2.43. The molecule has 2 aromatic carbocycles. The fourth-order valence-corrected chi connectivity index (χ4v) is 13.5. The van der Waals surface area contributed by atoms with E-state index in [1.807, 2.05) is 5.57 Å². The van der Waals surface area contributed by atoms with Crippen molar-refractivity contribution in [3.63, 3.8) is 0 Å². The standard InChI is InChI=1S/C32H42P2/c1-26(34(30-20-10-4-11-21-30)31-22-12-5-13-23-31)32-24-14-15-27(32)25-33(28-16-6-2-7-17-28)29-18-8-3-9-19-29/h2-3,6-9,14-19,26,30-31H,4-5,10-13,20-25H2,1H3/t26-/m1/s1. The first-order valence-corrected chi connectivity index (χ1v) is 16.9. The summed E-state index contributed by atoms with van der Waals surface area (Å²) in [5.41, 5.74) is 6.36. The zero-order valence-electron chi connectivity index (χ0n) is 21.0. The van der Waals surface area contributed by atoms with Gasteiger partial charge in [0.2, 0.25) is 0 Å². The second kappa shape index (κ2) is 12.2. The van der Waals surface area contributed by atoms with E-state index >= 15 is 0 Å². The molecule has 5 rings (SSSR count). The van der Waals surface area contributed by atoms with E-state index in [0.29, 0.717) is 0 Å². The molecule has 0 aliphatic heterocycles. The van der Waals surface area contributed by atoms with Crippen LogP contribution < -0.4 is 10.6 Å². The molecule has 0 unspecified atom stereocenters. The summed E-state index contributed by atoms with van der Waals surface area (Å²) in [5, 5.41) is 3.04. The molecule has 3 aliphatic rings. The van der Waals surface area contributed by atoms with Gasteiger partial charge >= 0.3 is 0 Å². The maximum absolute atomic E-state index is 2.66. The molecule has 0 spiro atoms. The highest BCUT2D eigenvalue weighted by molar-refractivity contribution is 7.73. The molecule has 1 atom stereocenters. The van der Waals surface area contributed by atoms with Gasteiger partial charge in [0.15, 0.2) is 0 Å². The van der Waals surface area contributed by atoms with Crippen LogP contribution in [0.1, 0.15) is 77.6 Å². The Bertz CT molecular complexity index is 892. The van der Waals surface area contributed by atoms with Gasteiger partial charge in [0, 0.05) is 6.16 Å². The maximum atomic E-state index is 2.66. The molecule has 0 saturated heterocycles. The number of allylic oxidation sites excluding steroid dienone is 4. The van der Waals surface area contributed by atoms with Crippen molar-refractivity contribution in [3.05, 3.63) is 84.0 Å². The van der Waals surface area contributed by atoms with Gasteiger partial charge in [-0.3, -0.25) is 0 Å². The fourth-order valence-electron chi connectivity index (χ4n) is 6.75. The topological polar surface area (TPSA) is 0 Å². The lowest BCUT2D eigenvalue weighted by molar-refractivity contribution is 0.482. The largest absolute Gasteiger partial charge is 0.0932 e. The third-order valence-electron chi connectivity index (χ3n) is 8.48. The first-order valence-electron chi connectivity index (χ1n) is 13.8. The normalized spacial score (nSPS) is 21.0.